The first kappa shape index (κ1) is 18.3. The van der Waals surface area contributed by atoms with Crippen LogP contribution in [0.4, 0.5) is 0 Å². The third-order valence-corrected chi connectivity index (χ3v) is 6.03. The summed E-state index contributed by atoms with van der Waals surface area (Å²) in [4.78, 5) is 17.0. The van der Waals surface area contributed by atoms with Gasteiger partial charge in [-0.25, -0.2) is 4.98 Å². The van der Waals surface area contributed by atoms with Crippen molar-refractivity contribution in [2.45, 2.75) is 37.3 Å². The molecule has 3 nitrogen and oxygen atoms in total. The van der Waals surface area contributed by atoms with Gasteiger partial charge in [-0.15, -0.1) is 0 Å². The van der Waals surface area contributed by atoms with Gasteiger partial charge in [0.05, 0.1) is 11.3 Å². The molecule has 0 spiro atoms. The lowest BCUT2D eigenvalue weighted by Crippen LogP contribution is -2.10. The topological polar surface area (TPSA) is 39.2 Å². The molecule has 0 N–H and O–H groups in total. The van der Waals surface area contributed by atoms with Crippen LogP contribution in [0.2, 0.25) is 5.02 Å². The molecule has 138 valence electrons. The monoisotopic (exact) mass is 397 g/mol. The van der Waals surface area contributed by atoms with Crippen LogP contribution in [0.5, 0.6) is 0 Å². The molecule has 0 saturated heterocycles. The number of ether oxygens (including phenoxy) is 1. The normalized spacial score (nSPS) is 13.4. The van der Waals surface area contributed by atoms with E-state index >= 15 is 0 Å². The van der Waals surface area contributed by atoms with Gasteiger partial charge in [0.25, 0.3) is 0 Å². The van der Waals surface area contributed by atoms with E-state index in [4.69, 9.17) is 21.3 Å². The van der Waals surface area contributed by atoms with E-state index in [1.807, 2.05) is 42.5 Å². The molecule has 0 saturated carbocycles. The largest absolute Gasteiger partial charge is 0.460 e. The number of aryl methyl sites for hydroxylation is 1. The van der Waals surface area contributed by atoms with E-state index in [2.05, 4.69) is 6.07 Å². The van der Waals surface area contributed by atoms with Crippen LogP contribution in [0.15, 0.2) is 53.6 Å². The minimum atomic E-state index is -0.221. The predicted molar refractivity (Wildman–Crippen MR) is 110 cm³/mol. The van der Waals surface area contributed by atoms with Crippen molar-refractivity contribution in [1.82, 2.24) is 4.98 Å². The van der Waals surface area contributed by atoms with Gasteiger partial charge in [-0.1, -0.05) is 59.8 Å². The minimum Gasteiger partial charge on any atom is -0.460 e. The number of rotatable bonds is 5. The highest BCUT2D eigenvalue weighted by Crippen LogP contribution is 2.35. The maximum atomic E-state index is 12.2. The highest BCUT2D eigenvalue weighted by Gasteiger charge is 2.19. The summed E-state index contributed by atoms with van der Waals surface area (Å²) in [6.07, 6.45) is 4.43. The van der Waals surface area contributed by atoms with Gasteiger partial charge in [0.15, 0.2) is 0 Å². The summed E-state index contributed by atoms with van der Waals surface area (Å²) < 4.78 is 5.39. The molecule has 1 aliphatic rings. The molecule has 0 fully saturated rings. The van der Waals surface area contributed by atoms with E-state index in [1.54, 1.807) is 0 Å². The quantitative estimate of drug-likeness (QED) is 0.414. The Balaban J connectivity index is 1.50. The fourth-order valence-corrected chi connectivity index (χ4v) is 4.56. The number of esters is 1. The number of aromatic nitrogens is 1. The third-order valence-electron chi connectivity index (χ3n) is 4.80. The second-order valence-electron chi connectivity index (χ2n) is 6.68. The Kier molecular flexibility index (Phi) is 5.65. The maximum Gasteiger partial charge on any atom is 0.316 e. The summed E-state index contributed by atoms with van der Waals surface area (Å²) in [6.45, 7) is 0.305. The molecular formula is C22H20ClNO2S. The lowest BCUT2D eigenvalue weighted by atomic mass is 9.90. The number of hydrogen-bond acceptors (Lipinski definition) is 4. The molecule has 0 aliphatic heterocycles. The Hall–Kier alpha value is -2.04. The van der Waals surface area contributed by atoms with Gasteiger partial charge in [0.2, 0.25) is 0 Å². The Morgan fingerprint density at radius 3 is 2.67 bits per heavy atom. The number of hydrogen-bond donors (Lipinski definition) is 0. The molecule has 0 radical (unpaired) electrons. The summed E-state index contributed by atoms with van der Waals surface area (Å²) in [5.41, 5.74) is 4.55. The van der Waals surface area contributed by atoms with Crippen LogP contribution in [0.3, 0.4) is 0 Å². The van der Waals surface area contributed by atoms with Gasteiger partial charge in [-0.05, 0) is 54.5 Å². The van der Waals surface area contributed by atoms with Crippen LogP contribution in [-0.4, -0.2) is 16.7 Å². The molecule has 4 rings (SSSR count). The standard InChI is InChI=1S/C22H20ClNO2S/c23-16-10-11-18-17-8-4-5-9-19(17)22(24-20(18)12-16)27-14-21(25)26-13-15-6-2-1-3-7-15/h1-3,6-7,10-12H,4-5,8-9,13-14H2. The lowest BCUT2D eigenvalue weighted by molar-refractivity contribution is -0.141. The average molecular weight is 398 g/mol. The average Bonchev–Trinajstić information content (AvgIpc) is 2.71. The highest BCUT2D eigenvalue weighted by molar-refractivity contribution is 7.99. The zero-order valence-electron chi connectivity index (χ0n) is 14.9. The smallest absolute Gasteiger partial charge is 0.316 e. The Morgan fingerprint density at radius 1 is 1.07 bits per heavy atom. The van der Waals surface area contributed by atoms with E-state index in [0.717, 1.165) is 28.9 Å². The van der Waals surface area contributed by atoms with E-state index < -0.39 is 0 Å². The number of benzene rings is 2. The number of carbonyl (C=O) groups is 1. The van der Waals surface area contributed by atoms with Gasteiger partial charge in [0.1, 0.15) is 11.6 Å². The maximum absolute atomic E-state index is 12.2. The number of fused-ring (bicyclic) bond motifs is 3. The number of halogens is 1. The predicted octanol–water partition coefficient (Wildman–Crippen LogP) is 5.60. The minimum absolute atomic E-state index is 0.221. The van der Waals surface area contributed by atoms with E-state index in [0.29, 0.717) is 11.6 Å². The van der Waals surface area contributed by atoms with Crippen molar-refractivity contribution in [2.75, 3.05) is 5.75 Å². The molecule has 3 aromatic rings. The molecule has 1 aliphatic carbocycles. The van der Waals surface area contributed by atoms with Gasteiger partial charge >= 0.3 is 5.97 Å². The molecule has 27 heavy (non-hydrogen) atoms. The number of thioether (sulfide) groups is 1. The summed E-state index contributed by atoms with van der Waals surface area (Å²) in [5.74, 6) is 0.0413. The van der Waals surface area contributed by atoms with E-state index in [9.17, 15) is 4.79 Å². The fourth-order valence-electron chi connectivity index (χ4n) is 3.49. The van der Waals surface area contributed by atoms with Crippen molar-refractivity contribution in [3.63, 3.8) is 0 Å². The van der Waals surface area contributed by atoms with Crippen LogP contribution in [-0.2, 0) is 29.0 Å². The zero-order valence-corrected chi connectivity index (χ0v) is 16.5. The molecule has 1 heterocycles. The van der Waals surface area contributed by atoms with Crippen LogP contribution in [0.25, 0.3) is 10.9 Å². The SMILES string of the molecule is O=C(CSc1nc2cc(Cl)ccc2c2c1CCCC2)OCc1ccccc1. The molecule has 0 atom stereocenters. The van der Waals surface area contributed by atoms with Crippen molar-refractivity contribution in [1.29, 1.82) is 0 Å². The Morgan fingerprint density at radius 2 is 1.85 bits per heavy atom. The number of nitrogens with zero attached hydrogens (tertiary/aromatic N) is 1. The molecule has 0 unspecified atom stereocenters. The van der Waals surface area contributed by atoms with Gasteiger partial charge in [-0.3, -0.25) is 4.79 Å². The van der Waals surface area contributed by atoms with Crippen molar-refractivity contribution < 1.29 is 9.53 Å². The highest BCUT2D eigenvalue weighted by atomic mass is 35.5. The van der Waals surface area contributed by atoms with Crippen LogP contribution < -0.4 is 0 Å². The zero-order chi connectivity index (χ0) is 18.6. The van der Waals surface area contributed by atoms with Gasteiger partial charge < -0.3 is 4.74 Å². The van der Waals surface area contributed by atoms with Crippen LogP contribution >= 0.6 is 23.4 Å². The Labute approximate surface area is 168 Å². The first-order valence-corrected chi connectivity index (χ1v) is 10.5. The fraction of sp³-hybridized carbons (Fsp3) is 0.273. The molecule has 0 bridgehead atoms. The first-order chi connectivity index (χ1) is 13.2. The number of carbonyl (C=O) groups excluding carboxylic acids is 1. The summed E-state index contributed by atoms with van der Waals surface area (Å²) in [7, 11) is 0. The number of pyridine rings is 1. The van der Waals surface area contributed by atoms with Crippen molar-refractivity contribution >= 4 is 40.2 Å². The van der Waals surface area contributed by atoms with Crippen LogP contribution in [0.1, 0.15) is 29.5 Å². The molecule has 5 heteroatoms. The molecule has 1 aromatic heterocycles. The van der Waals surface area contributed by atoms with E-state index in [1.165, 1.54) is 41.1 Å². The lowest BCUT2D eigenvalue weighted by Gasteiger charge is -2.20. The molecule has 2 aromatic carbocycles. The summed E-state index contributed by atoms with van der Waals surface area (Å²) >= 11 is 7.63. The van der Waals surface area contributed by atoms with Crippen molar-refractivity contribution in [3.8, 4) is 0 Å². The third kappa shape index (κ3) is 4.28. The summed E-state index contributed by atoms with van der Waals surface area (Å²) in [5, 5.41) is 2.81. The molecular weight excluding hydrogens is 378 g/mol. The molecule has 0 amide bonds. The Bertz CT molecular complexity index is 975. The van der Waals surface area contributed by atoms with E-state index in [-0.39, 0.29) is 11.7 Å². The van der Waals surface area contributed by atoms with Crippen LogP contribution in [0, 0.1) is 0 Å². The second-order valence-corrected chi connectivity index (χ2v) is 8.08. The second kappa shape index (κ2) is 8.32. The first-order valence-electron chi connectivity index (χ1n) is 9.14. The van der Waals surface area contributed by atoms with Gasteiger partial charge in [-0.2, -0.15) is 0 Å². The summed E-state index contributed by atoms with van der Waals surface area (Å²) in [6, 6.07) is 15.6. The van der Waals surface area contributed by atoms with Gasteiger partial charge in [0, 0.05) is 10.4 Å². The van der Waals surface area contributed by atoms with Crippen molar-refractivity contribution in [3.05, 3.63) is 70.2 Å². The van der Waals surface area contributed by atoms with Crippen molar-refractivity contribution in [2.24, 2.45) is 0 Å².